The average Bonchev–Trinajstić information content (AvgIpc) is 3.79. The number of nitrogens with zero attached hydrogens (tertiary/aromatic N) is 2. The molecule has 1 fully saturated rings. The zero-order chi connectivity index (χ0) is 47.1. The normalized spacial score (nSPS) is 12.8. The maximum atomic E-state index is 13.8. The Kier molecular flexibility index (Phi) is 27.5. The lowest BCUT2D eigenvalue weighted by molar-refractivity contribution is -0.531. The standard InChI is InChI=1S/C20H21F2NO4.C9H9I2NO3.C7H4I2O.C4H8O.C2H5NO2/c1-11(2)7-17(19(26)8-12-3-4-13(21)9-18(12)25)23-20(27)15-10-14(24)5-6-16(15)22;1-5(12(14)15)9(13)6-2-7(10)4-8(11)3-6;8-6-1-5(4-10)2-7(9)3-6;1-2-4-5-3-1;1-2-3(4)5/h3-6,9-11,17,24-25H,7-8H2,1-2H3,(H,23,27);2-5,9,13H,1H3;1-4H;1-4H2;2H2,1H3/t17-;5-,9-;;;/m00.../s1. The van der Waals surface area contributed by atoms with Crippen LogP contribution in [0.1, 0.15) is 84.9 Å². The van der Waals surface area contributed by atoms with Crippen molar-refractivity contribution in [3.05, 3.63) is 141 Å². The summed E-state index contributed by atoms with van der Waals surface area (Å²) in [5, 5.41) is 51.2. The van der Waals surface area contributed by atoms with Crippen LogP contribution in [0.2, 0.25) is 0 Å². The smallest absolute Gasteiger partial charge is 0.254 e. The third-order valence-corrected chi connectivity index (χ3v) is 10.6. The van der Waals surface area contributed by atoms with Crippen LogP contribution in [-0.2, 0) is 16.0 Å². The number of aliphatic hydroxyl groups is 1. The summed E-state index contributed by atoms with van der Waals surface area (Å²) in [5.74, 6) is -3.26. The third-order valence-electron chi connectivity index (χ3n) is 8.13. The molecule has 20 heteroatoms. The number of aliphatic hydroxyl groups excluding tert-OH is 1. The fourth-order valence-electron chi connectivity index (χ4n) is 4.96. The summed E-state index contributed by atoms with van der Waals surface area (Å²) in [6.45, 7) is 8.64. The van der Waals surface area contributed by atoms with Gasteiger partial charge in [-0.05, 0) is 182 Å². The van der Waals surface area contributed by atoms with Crippen molar-refractivity contribution in [3.8, 4) is 11.5 Å². The molecule has 1 aliphatic heterocycles. The van der Waals surface area contributed by atoms with Gasteiger partial charge in [0.2, 0.25) is 12.6 Å². The number of amides is 1. The minimum Gasteiger partial charge on any atom is -0.508 e. The van der Waals surface area contributed by atoms with Crippen LogP contribution in [-0.4, -0.2) is 75.0 Å². The topological polar surface area (TPSA) is 219 Å². The molecule has 0 saturated carbocycles. The van der Waals surface area contributed by atoms with E-state index in [1.165, 1.54) is 32.8 Å². The van der Waals surface area contributed by atoms with Gasteiger partial charge in [0.05, 0.1) is 11.6 Å². The van der Waals surface area contributed by atoms with Gasteiger partial charge >= 0.3 is 0 Å². The van der Waals surface area contributed by atoms with Gasteiger partial charge in [-0.3, -0.25) is 34.6 Å². The number of ketones is 1. The van der Waals surface area contributed by atoms with Gasteiger partial charge < -0.3 is 25.4 Å². The quantitative estimate of drug-likeness (QED) is 0.0453. The predicted molar refractivity (Wildman–Crippen MR) is 264 cm³/mol. The summed E-state index contributed by atoms with van der Waals surface area (Å²) in [7, 11) is 0. The van der Waals surface area contributed by atoms with E-state index in [2.05, 4.69) is 95.7 Å². The van der Waals surface area contributed by atoms with Crippen LogP contribution in [0, 0.1) is 52.1 Å². The molecule has 0 unspecified atom stereocenters. The molecule has 4 aromatic carbocycles. The van der Waals surface area contributed by atoms with E-state index in [0.29, 0.717) is 12.0 Å². The fraction of sp³-hybridized carbons (Fsp3) is 0.357. The number of hydrogen-bond acceptors (Lipinski definition) is 11. The minimum atomic E-state index is -1.05. The Bertz CT molecular complexity index is 2060. The number of carbonyl (C=O) groups is 3. The molecule has 14 nitrogen and oxygen atoms in total. The van der Waals surface area contributed by atoms with Crippen LogP contribution in [0.15, 0.2) is 72.8 Å². The van der Waals surface area contributed by atoms with Gasteiger partial charge in [0.1, 0.15) is 35.5 Å². The molecule has 1 amide bonds. The Hall–Kier alpha value is -3.21. The van der Waals surface area contributed by atoms with Crippen LogP contribution < -0.4 is 5.32 Å². The first-order chi connectivity index (χ1) is 29.1. The van der Waals surface area contributed by atoms with Crippen molar-refractivity contribution < 1.29 is 53.1 Å². The van der Waals surface area contributed by atoms with Gasteiger partial charge in [0, 0.05) is 74.8 Å². The number of aromatic hydroxyl groups is 2. The van der Waals surface area contributed by atoms with Gasteiger partial charge in [-0.15, -0.1) is 0 Å². The molecular formula is C42H47F2I4N3O11. The first-order valence-corrected chi connectivity index (χ1v) is 23.1. The molecule has 5 rings (SSSR count). The van der Waals surface area contributed by atoms with Crippen LogP contribution in [0.5, 0.6) is 11.5 Å². The molecule has 1 saturated heterocycles. The second kappa shape index (κ2) is 30.0. The fourth-order valence-corrected chi connectivity index (χ4v) is 8.93. The highest BCUT2D eigenvalue weighted by molar-refractivity contribution is 14.1. The molecule has 62 heavy (non-hydrogen) atoms. The van der Waals surface area contributed by atoms with Crippen molar-refractivity contribution in [2.45, 2.75) is 71.6 Å². The number of carbonyl (C=O) groups excluding carboxylic acids is 3. The van der Waals surface area contributed by atoms with E-state index in [1.807, 2.05) is 38.1 Å². The molecular weight excluding hydrogens is 1270 g/mol. The maximum absolute atomic E-state index is 13.8. The van der Waals surface area contributed by atoms with E-state index < -0.39 is 46.4 Å². The highest BCUT2D eigenvalue weighted by atomic mass is 127. The number of phenolic OH excluding ortho intramolecular Hbond substituents is 2. The molecule has 0 radical (unpaired) electrons. The Morgan fingerprint density at radius 3 is 1.82 bits per heavy atom. The Morgan fingerprint density at radius 1 is 0.855 bits per heavy atom. The van der Waals surface area contributed by atoms with Crippen molar-refractivity contribution in [3.63, 3.8) is 0 Å². The summed E-state index contributed by atoms with van der Waals surface area (Å²) >= 11 is 8.62. The second-order valence-electron chi connectivity index (χ2n) is 13.7. The van der Waals surface area contributed by atoms with E-state index in [1.54, 1.807) is 12.1 Å². The summed E-state index contributed by atoms with van der Waals surface area (Å²) in [6.07, 6.45) is 2.45. The van der Waals surface area contributed by atoms with Gasteiger partial charge in [-0.1, -0.05) is 19.9 Å². The van der Waals surface area contributed by atoms with Crippen molar-refractivity contribution in [2.75, 3.05) is 19.8 Å². The third kappa shape index (κ3) is 22.9. The SMILES string of the molecule is C1CCOC1.CC(C)C[C@H](NC(=O)c1cc(O)ccc1F)C(=O)Cc1ccc(F)cc1O.CC[N+](=O)[O-].C[C@@H]([C@H](O)c1cc(I)cc(I)c1)[N+](=O)[O-].O=Cc1cc(I)cc(I)c1. The van der Waals surface area contributed by atoms with Crippen LogP contribution in [0.3, 0.4) is 0 Å². The van der Waals surface area contributed by atoms with E-state index >= 15 is 0 Å². The summed E-state index contributed by atoms with van der Waals surface area (Å²) < 4.78 is 36.0. The largest absolute Gasteiger partial charge is 0.508 e. The van der Waals surface area contributed by atoms with Crippen LogP contribution in [0.4, 0.5) is 8.78 Å². The highest BCUT2D eigenvalue weighted by Crippen LogP contribution is 2.24. The molecule has 0 aromatic heterocycles. The van der Waals surface area contributed by atoms with Crippen molar-refractivity contribution in [2.24, 2.45) is 5.92 Å². The zero-order valence-electron chi connectivity index (χ0n) is 34.0. The summed E-state index contributed by atoms with van der Waals surface area (Å²) in [5.41, 5.74) is 1.20. The maximum Gasteiger partial charge on any atom is 0.254 e. The molecule has 0 spiro atoms. The van der Waals surface area contributed by atoms with Crippen LogP contribution in [0.25, 0.3) is 0 Å². The highest BCUT2D eigenvalue weighted by Gasteiger charge is 2.27. The first kappa shape index (κ1) is 56.8. The lowest BCUT2D eigenvalue weighted by Gasteiger charge is -2.20. The second-order valence-corrected chi connectivity index (χ2v) is 18.7. The number of aldehydes is 1. The van der Waals surface area contributed by atoms with E-state index in [0.717, 1.165) is 69.7 Å². The summed E-state index contributed by atoms with van der Waals surface area (Å²) in [6, 6.07) is 15.7. The van der Waals surface area contributed by atoms with Gasteiger partial charge in [-0.2, -0.15) is 0 Å². The molecule has 1 heterocycles. The van der Waals surface area contributed by atoms with E-state index in [4.69, 9.17) is 4.74 Å². The summed E-state index contributed by atoms with van der Waals surface area (Å²) in [4.78, 5) is 54.2. The molecule has 338 valence electrons. The number of benzene rings is 4. The minimum absolute atomic E-state index is 0.0278. The molecule has 0 aliphatic carbocycles. The zero-order valence-corrected chi connectivity index (χ0v) is 42.7. The Morgan fingerprint density at radius 2 is 1.39 bits per heavy atom. The lowest BCUT2D eigenvalue weighted by Crippen LogP contribution is -2.42. The monoisotopic (exact) mass is 1310 g/mol. The number of phenols is 2. The molecule has 4 aromatic rings. The van der Waals surface area contributed by atoms with E-state index in [9.17, 15) is 58.7 Å². The van der Waals surface area contributed by atoms with Gasteiger partial charge in [-0.25, -0.2) is 8.78 Å². The van der Waals surface area contributed by atoms with E-state index in [-0.39, 0.29) is 46.4 Å². The number of halogens is 6. The number of nitro groups is 2. The molecule has 3 atom stereocenters. The Balaban J connectivity index is 0.000000455. The first-order valence-electron chi connectivity index (χ1n) is 18.8. The molecule has 0 bridgehead atoms. The van der Waals surface area contributed by atoms with Crippen molar-refractivity contribution >= 4 is 108 Å². The Labute approximate surface area is 412 Å². The van der Waals surface area contributed by atoms with Crippen molar-refractivity contribution in [1.29, 1.82) is 0 Å². The van der Waals surface area contributed by atoms with Gasteiger partial charge in [0.25, 0.3) is 5.91 Å². The number of hydrogen-bond donors (Lipinski definition) is 4. The van der Waals surface area contributed by atoms with Gasteiger partial charge in [0.15, 0.2) is 5.78 Å². The number of rotatable bonds is 12. The molecule has 4 N–H and O–H groups in total. The number of Topliss-reactive ketones (excluding diaryl/α,β-unsaturated/α-hetero) is 1. The predicted octanol–water partition coefficient (Wildman–Crippen LogP) is 9.71. The average molecular weight is 1320 g/mol. The number of ether oxygens (including phenoxy) is 1. The van der Waals surface area contributed by atoms with Crippen LogP contribution >= 0.6 is 90.4 Å². The van der Waals surface area contributed by atoms with Crippen molar-refractivity contribution in [1.82, 2.24) is 5.32 Å². The lowest BCUT2D eigenvalue weighted by atomic mass is 9.95. The molecule has 1 aliphatic rings. The number of nitrogens with one attached hydrogen (secondary N) is 1.